The Kier molecular flexibility index (Phi) is 3.70. The zero-order valence-corrected chi connectivity index (χ0v) is 8.94. The van der Waals surface area contributed by atoms with E-state index in [0.29, 0.717) is 6.54 Å². The molecule has 2 heteroatoms. The minimum atomic E-state index is 0.0991. The van der Waals surface area contributed by atoms with E-state index in [4.69, 9.17) is 5.73 Å². The van der Waals surface area contributed by atoms with Crippen LogP contribution in [0.4, 0.5) is 0 Å². The van der Waals surface area contributed by atoms with Crippen molar-refractivity contribution in [3.8, 4) is 0 Å². The largest absolute Gasteiger partial charge is 0.330 e. The van der Waals surface area contributed by atoms with Crippen LogP contribution in [-0.2, 0) is 6.42 Å². The molecule has 0 aliphatic carbocycles. The van der Waals surface area contributed by atoms with Crippen LogP contribution in [0.3, 0.4) is 0 Å². The fourth-order valence-corrected chi connectivity index (χ4v) is 1.86. The smallest absolute Gasteiger partial charge is 0.00115 e. The lowest BCUT2D eigenvalue weighted by Crippen LogP contribution is -2.25. The molecule has 1 unspecified atom stereocenters. The Balaban J connectivity index is 2.45. The summed E-state index contributed by atoms with van der Waals surface area (Å²) in [6.07, 6.45) is 4.16. The van der Waals surface area contributed by atoms with Gasteiger partial charge < -0.3 is 5.73 Å². The molecular weight excluding hydrogens is 178 g/mol. The molecule has 0 saturated heterocycles. The third-order valence-corrected chi connectivity index (χ3v) is 3.26. The van der Waals surface area contributed by atoms with Gasteiger partial charge in [0.2, 0.25) is 0 Å². The van der Waals surface area contributed by atoms with Gasteiger partial charge in [-0.3, -0.25) is 0 Å². The maximum atomic E-state index is 5.69. The Hall–Kier alpha value is -0.600. The third-order valence-electron chi connectivity index (χ3n) is 2.52. The molecule has 0 aliphatic heterocycles. The van der Waals surface area contributed by atoms with E-state index in [1.807, 2.05) is 6.08 Å². The van der Waals surface area contributed by atoms with Gasteiger partial charge >= 0.3 is 0 Å². The molecule has 1 heterocycles. The second kappa shape index (κ2) is 4.58. The molecule has 0 saturated carbocycles. The molecule has 1 nitrogen and oxygen atoms in total. The lowest BCUT2D eigenvalue weighted by Gasteiger charge is -2.22. The zero-order valence-electron chi connectivity index (χ0n) is 8.12. The summed E-state index contributed by atoms with van der Waals surface area (Å²) in [5.74, 6) is 0. The van der Waals surface area contributed by atoms with Gasteiger partial charge in [-0.05, 0) is 40.6 Å². The number of hydrogen-bond donors (Lipinski definition) is 1. The van der Waals surface area contributed by atoms with E-state index in [1.165, 1.54) is 5.56 Å². The molecule has 1 atom stereocenters. The van der Waals surface area contributed by atoms with E-state index >= 15 is 0 Å². The van der Waals surface area contributed by atoms with Gasteiger partial charge in [-0.2, -0.15) is 11.3 Å². The monoisotopic (exact) mass is 195 g/mol. The Morgan fingerprint density at radius 3 is 2.92 bits per heavy atom. The van der Waals surface area contributed by atoms with Crippen LogP contribution < -0.4 is 5.73 Å². The first kappa shape index (κ1) is 10.5. The standard InChI is InChI=1S/C11H17NS/c1-3-11(2,9-12)6-4-10-5-7-13-8-10/h3,5,7-8H,1,4,6,9,12H2,2H3. The van der Waals surface area contributed by atoms with Gasteiger partial charge in [0.15, 0.2) is 0 Å². The minimum Gasteiger partial charge on any atom is -0.330 e. The molecule has 0 radical (unpaired) electrons. The van der Waals surface area contributed by atoms with Gasteiger partial charge in [0, 0.05) is 6.54 Å². The topological polar surface area (TPSA) is 26.0 Å². The van der Waals surface area contributed by atoms with Gasteiger partial charge in [-0.25, -0.2) is 0 Å². The van der Waals surface area contributed by atoms with Gasteiger partial charge in [0.1, 0.15) is 0 Å². The van der Waals surface area contributed by atoms with Crippen LogP contribution in [0.2, 0.25) is 0 Å². The van der Waals surface area contributed by atoms with Crippen molar-refractivity contribution in [1.82, 2.24) is 0 Å². The summed E-state index contributed by atoms with van der Waals surface area (Å²) in [5.41, 5.74) is 7.20. The zero-order chi connectivity index (χ0) is 9.73. The van der Waals surface area contributed by atoms with E-state index in [0.717, 1.165) is 12.8 Å². The first-order chi connectivity index (χ1) is 6.20. The van der Waals surface area contributed by atoms with E-state index in [-0.39, 0.29) is 5.41 Å². The van der Waals surface area contributed by atoms with Crippen molar-refractivity contribution in [2.45, 2.75) is 19.8 Å². The predicted octanol–water partition coefficient (Wildman–Crippen LogP) is 2.83. The van der Waals surface area contributed by atoms with Crippen LogP contribution in [0.5, 0.6) is 0 Å². The first-order valence-corrected chi connectivity index (χ1v) is 5.49. The first-order valence-electron chi connectivity index (χ1n) is 4.55. The summed E-state index contributed by atoms with van der Waals surface area (Å²) in [6, 6.07) is 2.17. The summed E-state index contributed by atoms with van der Waals surface area (Å²) in [4.78, 5) is 0. The van der Waals surface area contributed by atoms with Crippen LogP contribution in [0, 0.1) is 5.41 Å². The molecule has 0 fully saturated rings. The highest BCUT2D eigenvalue weighted by Crippen LogP contribution is 2.23. The number of thiophene rings is 1. The molecule has 0 amide bonds. The van der Waals surface area contributed by atoms with E-state index in [2.05, 4.69) is 30.3 Å². The van der Waals surface area contributed by atoms with E-state index in [9.17, 15) is 0 Å². The van der Waals surface area contributed by atoms with Gasteiger partial charge in [0.05, 0.1) is 0 Å². The highest BCUT2D eigenvalue weighted by molar-refractivity contribution is 7.07. The average molecular weight is 195 g/mol. The molecule has 0 aromatic carbocycles. The SMILES string of the molecule is C=CC(C)(CN)CCc1ccsc1. The lowest BCUT2D eigenvalue weighted by atomic mass is 9.85. The Labute approximate surface area is 84.3 Å². The quantitative estimate of drug-likeness (QED) is 0.718. The van der Waals surface area contributed by atoms with Crippen molar-refractivity contribution in [3.05, 3.63) is 35.0 Å². The van der Waals surface area contributed by atoms with Crippen molar-refractivity contribution in [2.24, 2.45) is 11.1 Å². The van der Waals surface area contributed by atoms with Gasteiger partial charge in [-0.15, -0.1) is 6.58 Å². The van der Waals surface area contributed by atoms with Crippen molar-refractivity contribution in [2.75, 3.05) is 6.54 Å². The molecule has 1 rings (SSSR count). The summed E-state index contributed by atoms with van der Waals surface area (Å²) in [5, 5.41) is 4.31. The van der Waals surface area contributed by atoms with Crippen molar-refractivity contribution in [3.63, 3.8) is 0 Å². The third kappa shape index (κ3) is 2.98. The molecule has 1 aromatic rings. The molecule has 13 heavy (non-hydrogen) atoms. The fraction of sp³-hybridized carbons (Fsp3) is 0.455. The van der Waals surface area contributed by atoms with E-state index in [1.54, 1.807) is 11.3 Å². The minimum absolute atomic E-state index is 0.0991. The fourth-order valence-electron chi connectivity index (χ4n) is 1.15. The van der Waals surface area contributed by atoms with Gasteiger partial charge in [0.25, 0.3) is 0 Å². The molecule has 0 bridgehead atoms. The molecule has 72 valence electrons. The summed E-state index contributed by atoms with van der Waals surface area (Å²) in [7, 11) is 0. The molecule has 0 aliphatic rings. The van der Waals surface area contributed by atoms with Crippen molar-refractivity contribution >= 4 is 11.3 Å². The summed E-state index contributed by atoms with van der Waals surface area (Å²) < 4.78 is 0. The second-order valence-corrected chi connectivity index (χ2v) is 4.47. The van der Waals surface area contributed by atoms with Crippen LogP contribution in [0.1, 0.15) is 18.9 Å². The highest BCUT2D eigenvalue weighted by Gasteiger charge is 2.17. The van der Waals surface area contributed by atoms with Crippen LogP contribution in [-0.4, -0.2) is 6.54 Å². The molecule has 0 spiro atoms. The Morgan fingerprint density at radius 1 is 1.69 bits per heavy atom. The van der Waals surface area contributed by atoms with Crippen LogP contribution >= 0.6 is 11.3 Å². The number of hydrogen-bond acceptors (Lipinski definition) is 2. The second-order valence-electron chi connectivity index (χ2n) is 3.69. The Morgan fingerprint density at radius 2 is 2.46 bits per heavy atom. The van der Waals surface area contributed by atoms with Crippen molar-refractivity contribution in [1.29, 1.82) is 0 Å². The average Bonchev–Trinajstić information content (AvgIpc) is 2.67. The maximum Gasteiger partial charge on any atom is 0.00115 e. The number of aryl methyl sites for hydroxylation is 1. The normalized spacial score (nSPS) is 15.2. The number of rotatable bonds is 5. The van der Waals surface area contributed by atoms with E-state index < -0.39 is 0 Å². The molecule has 2 N–H and O–H groups in total. The highest BCUT2D eigenvalue weighted by atomic mass is 32.1. The van der Waals surface area contributed by atoms with Crippen LogP contribution in [0.15, 0.2) is 29.5 Å². The van der Waals surface area contributed by atoms with Crippen molar-refractivity contribution < 1.29 is 0 Å². The van der Waals surface area contributed by atoms with Crippen LogP contribution in [0.25, 0.3) is 0 Å². The number of nitrogens with two attached hydrogens (primary N) is 1. The predicted molar refractivity (Wildman–Crippen MR) is 60.0 cm³/mol. The maximum absolute atomic E-state index is 5.69. The van der Waals surface area contributed by atoms with Gasteiger partial charge in [-0.1, -0.05) is 13.0 Å². The summed E-state index contributed by atoms with van der Waals surface area (Å²) in [6.45, 7) is 6.67. The Bertz CT molecular complexity index is 253. The summed E-state index contributed by atoms with van der Waals surface area (Å²) >= 11 is 1.75. The molecular formula is C11H17NS. The lowest BCUT2D eigenvalue weighted by molar-refractivity contribution is 0.405. The molecule has 1 aromatic heterocycles.